The topological polar surface area (TPSA) is 29.9 Å². The van der Waals surface area contributed by atoms with Crippen LogP contribution in [0.25, 0.3) is 5.69 Å². The third-order valence-corrected chi connectivity index (χ3v) is 3.87. The van der Waals surface area contributed by atoms with E-state index in [1.807, 2.05) is 29.1 Å². The van der Waals surface area contributed by atoms with Crippen LogP contribution in [0.5, 0.6) is 0 Å². The molecule has 0 saturated carbocycles. The zero-order chi connectivity index (χ0) is 14.9. The molecular formula is C17H24ClN3. The second kappa shape index (κ2) is 8.73. The van der Waals surface area contributed by atoms with E-state index in [-0.39, 0.29) is 0 Å². The highest BCUT2D eigenvalue weighted by molar-refractivity contribution is 6.33. The first-order valence-electron chi connectivity index (χ1n) is 7.85. The molecule has 0 fully saturated rings. The first-order valence-corrected chi connectivity index (χ1v) is 8.23. The van der Waals surface area contributed by atoms with Crippen LogP contribution in [0, 0.1) is 0 Å². The summed E-state index contributed by atoms with van der Waals surface area (Å²) in [6, 6.07) is 7.83. The number of nitrogens with zero attached hydrogens (tertiary/aromatic N) is 2. The van der Waals surface area contributed by atoms with Crippen LogP contribution in [0.15, 0.2) is 36.7 Å². The largest absolute Gasteiger partial charge is 0.383 e. The number of anilines is 1. The first kappa shape index (κ1) is 15.9. The number of aromatic nitrogens is 2. The van der Waals surface area contributed by atoms with Crippen LogP contribution in [0.1, 0.15) is 45.4 Å². The number of para-hydroxylation sites is 1. The van der Waals surface area contributed by atoms with Gasteiger partial charge in [-0.25, -0.2) is 4.68 Å². The molecule has 0 amide bonds. The standard InChI is InChI=1S/C17H24ClN3/c1-2-3-4-5-6-7-12-19-16-11-8-10-15(18)17(16)21-14-9-13-20-21/h8-11,13-14,19H,2-7,12H2,1H3. The Morgan fingerprint density at radius 1 is 1.10 bits per heavy atom. The lowest BCUT2D eigenvalue weighted by Crippen LogP contribution is -2.06. The maximum Gasteiger partial charge on any atom is 0.106 e. The molecular weight excluding hydrogens is 282 g/mol. The molecule has 1 heterocycles. The van der Waals surface area contributed by atoms with Gasteiger partial charge in [0.05, 0.1) is 10.7 Å². The van der Waals surface area contributed by atoms with E-state index in [2.05, 4.69) is 23.4 Å². The Bertz CT molecular complexity index is 523. The molecule has 21 heavy (non-hydrogen) atoms. The number of hydrogen-bond donors (Lipinski definition) is 1. The molecule has 3 nitrogen and oxygen atoms in total. The molecule has 0 saturated heterocycles. The molecule has 0 atom stereocenters. The molecule has 1 aromatic carbocycles. The van der Waals surface area contributed by atoms with Gasteiger partial charge in [-0.2, -0.15) is 5.10 Å². The first-order chi connectivity index (χ1) is 10.3. The second-order valence-electron chi connectivity index (χ2n) is 5.28. The fourth-order valence-corrected chi connectivity index (χ4v) is 2.68. The van der Waals surface area contributed by atoms with E-state index in [0.717, 1.165) is 17.9 Å². The summed E-state index contributed by atoms with van der Waals surface area (Å²) in [6.45, 7) is 3.22. The number of benzene rings is 1. The maximum absolute atomic E-state index is 6.32. The Balaban J connectivity index is 1.88. The van der Waals surface area contributed by atoms with Crippen molar-refractivity contribution in [1.29, 1.82) is 0 Å². The smallest absolute Gasteiger partial charge is 0.106 e. The van der Waals surface area contributed by atoms with Crippen LogP contribution in [0.4, 0.5) is 5.69 Å². The molecule has 0 aliphatic rings. The summed E-state index contributed by atoms with van der Waals surface area (Å²) in [6.07, 6.45) is 11.5. The van der Waals surface area contributed by atoms with Gasteiger partial charge in [-0.1, -0.05) is 56.7 Å². The minimum Gasteiger partial charge on any atom is -0.383 e. The van der Waals surface area contributed by atoms with Crippen molar-refractivity contribution in [3.05, 3.63) is 41.7 Å². The van der Waals surface area contributed by atoms with Gasteiger partial charge in [-0.05, 0) is 24.6 Å². The lowest BCUT2D eigenvalue weighted by Gasteiger charge is -2.13. The minimum atomic E-state index is 0.714. The summed E-state index contributed by atoms with van der Waals surface area (Å²) in [4.78, 5) is 0. The molecule has 1 N–H and O–H groups in total. The highest BCUT2D eigenvalue weighted by Gasteiger charge is 2.08. The average Bonchev–Trinajstić information content (AvgIpc) is 3.00. The van der Waals surface area contributed by atoms with Gasteiger partial charge in [0.2, 0.25) is 0 Å². The summed E-state index contributed by atoms with van der Waals surface area (Å²) < 4.78 is 1.81. The van der Waals surface area contributed by atoms with Crippen LogP contribution in [-0.2, 0) is 0 Å². The molecule has 114 valence electrons. The summed E-state index contributed by atoms with van der Waals surface area (Å²) in [7, 11) is 0. The fourth-order valence-electron chi connectivity index (χ4n) is 2.42. The highest BCUT2D eigenvalue weighted by Crippen LogP contribution is 2.27. The summed E-state index contributed by atoms with van der Waals surface area (Å²) >= 11 is 6.32. The van der Waals surface area contributed by atoms with E-state index in [1.165, 1.54) is 38.5 Å². The van der Waals surface area contributed by atoms with Crippen molar-refractivity contribution in [2.75, 3.05) is 11.9 Å². The Hall–Kier alpha value is -1.48. The molecule has 2 aromatic rings. The van der Waals surface area contributed by atoms with Gasteiger partial charge in [-0.15, -0.1) is 0 Å². The Morgan fingerprint density at radius 3 is 2.67 bits per heavy atom. The fraction of sp³-hybridized carbons (Fsp3) is 0.471. The summed E-state index contributed by atoms with van der Waals surface area (Å²) in [5.74, 6) is 0. The molecule has 0 radical (unpaired) electrons. The third kappa shape index (κ3) is 4.78. The number of unbranched alkanes of at least 4 members (excludes halogenated alkanes) is 5. The summed E-state index contributed by atoms with van der Waals surface area (Å²) in [5, 5.41) is 8.48. The van der Waals surface area contributed by atoms with Crippen molar-refractivity contribution in [3.63, 3.8) is 0 Å². The maximum atomic E-state index is 6.32. The molecule has 2 rings (SSSR count). The molecule has 0 bridgehead atoms. The van der Waals surface area contributed by atoms with Gasteiger partial charge in [0.15, 0.2) is 0 Å². The van der Waals surface area contributed by atoms with Crippen molar-refractivity contribution in [3.8, 4) is 5.69 Å². The van der Waals surface area contributed by atoms with E-state index in [9.17, 15) is 0 Å². The van der Waals surface area contributed by atoms with E-state index >= 15 is 0 Å². The van der Waals surface area contributed by atoms with Crippen LogP contribution < -0.4 is 5.32 Å². The van der Waals surface area contributed by atoms with E-state index in [4.69, 9.17) is 11.6 Å². The van der Waals surface area contributed by atoms with Crippen LogP contribution in [0.2, 0.25) is 5.02 Å². The molecule has 0 aliphatic carbocycles. The number of hydrogen-bond acceptors (Lipinski definition) is 2. The Labute approximate surface area is 132 Å². The number of halogens is 1. The van der Waals surface area contributed by atoms with Gasteiger partial charge in [0, 0.05) is 18.9 Å². The normalized spacial score (nSPS) is 10.8. The predicted octanol–water partition coefficient (Wildman–Crippen LogP) is 5.30. The highest BCUT2D eigenvalue weighted by atomic mass is 35.5. The van der Waals surface area contributed by atoms with E-state index in [0.29, 0.717) is 5.02 Å². The molecule has 0 spiro atoms. The van der Waals surface area contributed by atoms with Gasteiger partial charge < -0.3 is 5.32 Å². The number of rotatable bonds is 9. The van der Waals surface area contributed by atoms with E-state index < -0.39 is 0 Å². The van der Waals surface area contributed by atoms with Gasteiger partial charge in [0.1, 0.15) is 5.69 Å². The lowest BCUT2D eigenvalue weighted by atomic mass is 10.1. The van der Waals surface area contributed by atoms with Gasteiger partial charge in [-0.3, -0.25) is 0 Å². The second-order valence-corrected chi connectivity index (χ2v) is 5.69. The van der Waals surface area contributed by atoms with Crippen LogP contribution in [-0.4, -0.2) is 16.3 Å². The van der Waals surface area contributed by atoms with Crippen molar-refractivity contribution in [2.24, 2.45) is 0 Å². The average molecular weight is 306 g/mol. The zero-order valence-corrected chi connectivity index (χ0v) is 13.4. The van der Waals surface area contributed by atoms with Crippen LogP contribution in [0.3, 0.4) is 0 Å². The molecule has 1 aromatic heterocycles. The number of nitrogens with one attached hydrogen (secondary N) is 1. The molecule has 4 heteroatoms. The monoisotopic (exact) mass is 305 g/mol. The van der Waals surface area contributed by atoms with Crippen molar-refractivity contribution in [2.45, 2.75) is 45.4 Å². The lowest BCUT2D eigenvalue weighted by molar-refractivity contribution is 0.617. The van der Waals surface area contributed by atoms with Gasteiger partial charge >= 0.3 is 0 Å². The quantitative estimate of drug-likeness (QED) is 0.637. The van der Waals surface area contributed by atoms with E-state index in [1.54, 1.807) is 6.20 Å². The summed E-state index contributed by atoms with van der Waals surface area (Å²) in [5.41, 5.74) is 1.97. The van der Waals surface area contributed by atoms with Crippen molar-refractivity contribution in [1.82, 2.24) is 9.78 Å². The third-order valence-electron chi connectivity index (χ3n) is 3.57. The molecule has 0 unspecified atom stereocenters. The zero-order valence-electron chi connectivity index (χ0n) is 12.7. The van der Waals surface area contributed by atoms with Crippen molar-refractivity contribution < 1.29 is 0 Å². The van der Waals surface area contributed by atoms with Crippen molar-refractivity contribution >= 4 is 17.3 Å². The SMILES string of the molecule is CCCCCCCCNc1cccc(Cl)c1-n1cccn1. The Morgan fingerprint density at radius 2 is 1.90 bits per heavy atom. The van der Waals surface area contributed by atoms with Crippen LogP contribution >= 0.6 is 11.6 Å². The molecule has 0 aliphatic heterocycles. The van der Waals surface area contributed by atoms with Gasteiger partial charge in [0.25, 0.3) is 0 Å². The Kier molecular flexibility index (Phi) is 6.61. The minimum absolute atomic E-state index is 0.714. The predicted molar refractivity (Wildman–Crippen MR) is 90.4 cm³/mol.